The van der Waals surface area contributed by atoms with Crippen LogP contribution in [0.5, 0.6) is 0 Å². The van der Waals surface area contributed by atoms with Crippen molar-refractivity contribution < 1.29 is 4.79 Å². The third-order valence-electron chi connectivity index (χ3n) is 2.58. The normalized spacial score (nSPS) is 9.90. The highest BCUT2D eigenvalue weighted by Crippen LogP contribution is 2.15. The minimum absolute atomic E-state index is 0.0771. The molecule has 3 N–H and O–H groups in total. The molecular weight excluding hydrogens is 272 g/mol. The van der Waals surface area contributed by atoms with Gasteiger partial charge in [0.25, 0.3) is 5.91 Å². The predicted octanol–water partition coefficient (Wildman–Crippen LogP) is 0.764. The first-order valence-electron chi connectivity index (χ1n) is 6.24. The topological polar surface area (TPSA) is 72.9 Å². The molecule has 0 aliphatic rings. The van der Waals surface area contributed by atoms with Crippen molar-refractivity contribution in [3.63, 3.8) is 0 Å². The van der Waals surface area contributed by atoms with E-state index in [2.05, 4.69) is 22.3 Å². The van der Waals surface area contributed by atoms with Crippen LogP contribution in [-0.4, -0.2) is 28.8 Å². The Morgan fingerprint density at radius 1 is 1.50 bits per heavy atom. The summed E-state index contributed by atoms with van der Waals surface area (Å²) in [5.74, 6) is 5.61. The number of aryl methyl sites for hydroxylation is 1. The monoisotopic (exact) mass is 288 g/mol. The summed E-state index contributed by atoms with van der Waals surface area (Å²) in [4.78, 5) is 13.4. The van der Waals surface area contributed by atoms with Crippen LogP contribution in [0.15, 0.2) is 24.4 Å². The number of nitrogens with two attached hydrogens (primary N) is 1. The molecule has 1 amide bonds. The Labute approximate surface area is 121 Å². The number of rotatable bonds is 4. The van der Waals surface area contributed by atoms with Crippen LogP contribution in [-0.2, 0) is 13.5 Å². The van der Waals surface area contributed by atoms with Crippen molar-refractivity contribution >= 4 is 17.2 Å². The van der Waals surface area contributed by atoms with Gasteiger partial charge in [-0.1, -0.05) is 11.8 Å². The summed E-state index contributed by atoms with van der Waals surface area (Å²) in [7, 11) is 1.87. The van der Waals surface area contributed by atoms with Crippen molar-refractivity contribution in [1.82, 2.24) is 15.1 Å². The first-order valence-corrected chi connectivity index (χ1v) is 7.06. The van der Waals surface area contributed by atoms with E-state index in [0.717, 1.165) is 17.0 Å². The molecule has 0 radical (unpaired) electrons. The molecule has 2 aromatic rings. The van der Waals surface area contributed by atoms with Crippen LogP contribution in [0.1, 0.15) is 20.2 Å². The Bertz CT molecular complexity index is 647. The van der Waals surface area contributed by atoms with Gasteiger partial charge in [0, 0.05) is 26.2 Å². The van der Waals surface area contributed by atoms with Gasteiger partial charge in [-0.25, -0.2) is 0 Å². The highest BCUT2D eigenvalue weighted by molar-refractivity contribution is 7.14. The smallest absolute Gasteiger partial charge is 0.261 e. The molecular formula is C14H16N4OS. The van der Waals surface area contributed by atoms with Gasteiger partial charge in [0.05, 0.1) is 22.0 Å². The number of thiophene rings is 1. The van der Waals surface area contributed by atoms with Crippen molar-refractivity contribution in [2.45, 2.75) is 6.42 Å². The molecule has 5 nitrogen and oxygen atoms in total. The Kier molecular flexibility index (Phi) is 4.93. The minimum atomic E-state index is -0.0771. The fraction of sp³-hybridized carbons (Fsp3) is 0.286. The highest BCUT2D eigenvalue weighted by Gasteiger charge is 2.08. The van der Waals surface area contributed by atoms with Crippen molar-refractivity contribution in [1.29, 1.82) is 0 Å². The van der Waals surface area contributed by atoms with Gasteiger partial charge in [0.1, 0.15) is 0 Å². The van der Waals surface area contributed by atoms with Gasteiger partial charge in [-0.3, -0.25) is 9.48 Å². The largest absolute Gasteiger partial charge is 0.351 e. The van der Waals surface area contributed by atoms with E-state index in [4.69, 9.17) is 5.73 Å². The van der Waals surface area contributed by atoms with E-state index in [-0.39, 0.29) is 5.91 Å². The molecule has 20 heavy (non-hydrogen) atoms. The summed E-state index contributed by atoms with van der Waals surface area (Å²) >= 11 is 1.37. The third kappa shape index (κ3) is 3.95. The van der Waals surface area contributed by atoms with Crippen molar-refractivity contribution in [2.75, 3.05) is 13.1 Å². The second-order valence-electron chi connectivity index (χ2n) is 4.16. The lowest BCUT2D eigenvalue weighted by Crippen LogP contribution is -2.24. The van der Waals surface area contributed by atoms with Crippen LogP contribution in [0.25, 0.3) is 0 Å². The van der Waals surface area contributed by atoms with E-state index in [1.165, 1.54) is 11.3 Å². The summed E-state index contributed by atoms with van der Waals surface area (Å²) in [6.45, 7) is 0.890. The lowest BCUT2D eigenvalue weighted by molar-refractivity contribution is 0.0958. The molecule has 0 bridgehead atoms. The fourth-order valence-corrected chi connectivity index (χ4v) is 2.45. The fourth-order valence-electron chi connectivity index (χ4n) is 1.65. The molecule has 0 fully saturated rings. The molecule has 0 spiro atoms. The molecule has 0 saturated heterocycles. The van der Waals surface area contributed by atoms with Gasteiger partial charge in [0.2, 0.25) is 0 Å². The second-order valence-corrected chi connectivity index (χ2v) is 5.24. The number of nitrogens with zero attached hydrogens (tertiary/aromatic N) is 2. The van der Waals surface area contributed by atoms with Gasteiger partial charge >= 0.3 is 0 Å². The zero-order valence-corrected chi connectivity index (χ0v) is 12.0. The van der Waals surface area contributed by atoms with Crippen LogP contribution >= 0.6 is 11.3 Å². The van der Waals surface area contributed by atoms with E-state index in [1.54, 1.807) is 10.7 Å². The number of hydrogen-bond acceptors (Lipinski definition) is 4. The summed E-state index contributed by atoms with van der Waals surface area (Å²) in [6.07, 6.45) is 2.61. The summed E-state index contributed by atoms with van der Waals surface area (Å²) < 4.78 is 1.75. The quantitative estimate of drug-likeness (QED) is 0.816. The van der Waals surface area contributed by atoms with E-state index in [9.17, 15) is 4.79 Å². The zero-order chi connectivity index (χ0) is 14.4. The standard InChI is InChI=1S/C14H16N4OS/c1-18-10-7-11(17-18)6-9-16-14(19)13-5-4-12(20-13)3-2-8-15/h4-5,7,10H,6,8-9,15H2,1H3,(H,16,19). The number of nitrogens with one attached hydrogen (secondary N) is 1. The molecule has 0 saturated carbocycles. The molecule has 104 valence electrons. The molecule has 0 aromatic carbocycles. The first kappa shape index (κ1) is 14.3. The third-order valence-corrected chi connectivity index (χ3v) is 3.58. The Balaban J connectivity index is 1.84. The maximum absolute atomic E-state index is 11.9. The predicted molar refractivity (Wildman–Crippen MR) is 79.5 cm³/mol. The number of aromatic nitrogens is 2. The van der Waals surface area contributed by atoms with Gasteiger partial charge in [-0.2, -0.15) is 5.10 Å². The van der Waals surface area contributed by atoms with E-state index in [1.807, 2.05) is 25.4 Å². The minimum Gasteiger partial charge on any atom is -0.351 e. The van der Waals surface area contributed by atoms with E-state index >= 15 is 0 Å². The molecule has 6 heteroatoms. The molecule has 0 aliphatic carbocycles. The molecule has 2 aromatic heterocycles. The molecule has 2 heterocycles. The van der Waals surface area contributed by atoms with Crippen LogP contribution in [0.4, 0.5) is 0 Å². The van der Waals surface area contributed by atoms with Crippen LogP contribution < -0.4 is 11.1 Å². The summed E-state index contributed by atoms with van der Waals surface area (Å²) in [6, 6.07) is 5.56. The lowest BCUT2D eigenvalue weighted by atomic mass is 10.3. The Morgan fingerprint density at radius 3 is 3.05 bits per heavy atom. The number of carbonyl (C=O) groups is 1. The average Bonchev–Trinajstić information content (AvgIpc) is 3.05. The van der Waals surface area contributed by atoms with Gasteiger partial charge < -0.3 is 11.1 Å². The van der Waals surface area contributed by atoms with Crippen LogP contribution in [0, 0.1) is 11.8 Å². The van der Waals surface area contributed by atoms with Gasteiger partial charge in [0.15, 0.2) is 0 Å². The van der Waals surface area contributed by atoms with Crippen molar-refractivity contribution in [2.24, 2.45) is 12.8 Å². The number of carbonyl (C=O) groups excluding carboxylic acids is 1. The van der Waals surface area contributed by atoms with Gasteiger partial charge in [-0.05, 0) is 18.2 Å². The second kappa shape index (κ2) is 6.89. The van der Waals surface area contributed by atoms with E-state index in [0.29, 0.717) is 18.0 Å². The van der Waals surface area contributed by atoms with E-state index < -0.39 is 0 Å². The summed E-state index contributed by atoms with van der Waals surface area (Å²) in [5, 5.41) is 7.13. The first-order chi connectivity index (χ1) is 9.69. The molecule has 0 atom stereocenters. The SMILES string of the molecule is Cn1ccc(CCNC(=O)c2ccc(C#CCN)s2)n1. The van der Waals surface area contributed by atoms with Crippen molar-refractivity contribution in [3.05, 3.63) is 39.8 Å². The van der Waals surface area contributed by atoms with Crippen molar-refractivity contribution in [3.8, 4) is 11.8 Å². The van der Waals surface area contributed by atoms with Crippen LogP contribution in [0.3, 0.4) is 0 Å². The molecule has 0 unspecified atom stereocenters. The molecule has 2 rings (SSSR count). The maximum atomic E-state index is 11.9. The molecule has 0 aliphatic heterocycles. The van der Waals surface area contributed by atoms with Gasteiger partial charge in [-0.15, -0.1) is 11.3 Å². The number of amides is 1. The number of hydrogen-bond donors (Lipinski definition) is 2. The highest BCUT2D eigenvalue weighted by atomic mass is 32.1. The lowest BCUT2D eigenvalue weighted by Gasteiger charge is -2.01. The Morgan fingerprint density at radius 2 is 2.35 bits per heavy atom. The Hall–Kier alpha value is -2.10. The van der Waals surface area contributed by atoms with Crippen LogP contribution in [0.2, 0.25) is 0 Å². The average molecular weight is 288 g/mol. The summed E-state index contributed by atoms with van der Waals surface area (Å²) in [5.41, 5.74) is 6.28. The zero-order valence-electron chi connectivity index (χ0n) is 11.2. The maximum Gasteiger partial charge on any atom is 0.261 e.